The Morgan fingerprint density at radius 2 is 1.50 bits per heavy atom. The van der Waals surface area contributed by atoms with Gasteiger partial charge in [0.05, 0.1) is 13.0 Å². The van der Waals surface area contributed by atoms with Crippen LogP contribution in [0.1, 0.15) is 116 Å². The molecule has 9 heteroatoms. The Bertz CT molecular complexity index is 997. The van der Waals surface area contributed by atoms with Crippen molar-refractivity contribution in [2.45, 2.75) is 125 Å². The second kappa shape index (κ2) is 18.4. The fourth-order valence-corrected chi connectivity index (χ4v) is 4.81. The van der Waals surface area contributed by atoms with E-state index in [1.165, 1.54) is 0 Å². The number of ether oxygens (including phenoxy) is 2. The zero-order valence-corrected chi connectivity index (χ0v) is 27.4. The van der Waals surface area contributed by atoms with E-state index in [0.29, 0.717) is 18.5 Å². The normalized spacial score (nSPS) is 12.8. The van der Waals surface area contributed by atoms with Crippen molar-refractivity contribution < 1.29 is 28.7 Å². The molecule has 2 atom stereocenters. The highest BCUT2D eigenvalue weighted by atomic mass is 16.6. The van der Waals surface area contributed by atoms with E-state index < -0.39 is 29.7 Å². The lowest BCUT2D eigenvalue weighted by Crippen LogP contribution is -2.55. The molecule has 0 aromatic heterocycles. The average molecular weight is 590 g/mol. The third kappa shape index (κ3) is 13.7. The fourth-order valence-electron chi connectivity index (χ4n) is 4.81. The van der Waals surface area contributed by atoms with Crippen molar-refractivity contribution in [3.05, 3.63) is 34.9 Å². The first-order valence-corrected chi connectivity index (χ1v) is 15.5. The first-order valence-electron chi connectivity index (χ1n) is 15.5. The molecule has 1 aromatic rings. The number of unbranched alkanes of at least 4 members (excludes halogenated alkanes) is 5. The van der Waals surface area contributed by atoms with Crippen LogP contribution < -0.4 is 10.6 Å². The maximum atomic E-state index is 14.3. The Hall–Kier alpha value is -3.10. The van der Waals surface area contributed by atoms with Gasteiger partial charge in [0.15, 0.2) is 0 Å². The molecule has 2 N–H and O–H groups in total. The summed E-state index contributed by atoms with van der Waals surface area (Å²) in [6.07, 6.45) is 5.43. The van der Waals surface area contributed by atoms with Gasteiger partial charge in [0.1, 0.15) is 17.7 Å². The molecule has 0 spiro atoms. The summed E-state index contributed by atoms with van der Waals surface area (Å²) in [5.41, 5.74) is 1.88. The molecule has 0 aliphatic heterocycles. The van der Waals surface area contributed by atoms with Gasteiger partial charge in [-0.05, 0) is 59.4 Å². The average Bonchev–Trinajstić information content (AvgIpc) is 2.86. The lowest BCUT2D eigenvalue weighted by molar-refractivity contribution is -0.144. The topological polar surface area (TPSA) is 114 Å². The second-order valence-corrected chi connectivity index (χ2v) is 12.3. The molecule has 0 saturated carbocycles. The van der Waals surface area contributed by atoms with Crippen LogP contribution in [-0.4, -0.2) is 60.1 Å². The largest absolute Gasteiger partial charge is 0.466 e. The maximum Gasteiger partial charge on any atom is 0.408 e. The number of nitrogens with one attached hydrogen (secondary N) is 2. The third-order valence-corrected chi connectivity index (χ3v) is 6.69. The smallest absolute Gasteiger partial charge is 0.408 e. The molecule has 9 nitrogen and oxygen atoms in total. The summed E-state index contributed by atoms with van der Waals surface area (Å²) < 4.78 is 10.5. The minimum atomic E-state index is -0.948. The van der Waals surface area contributed by atoms with E-state index in [1.807, 2.05) is 45.9 Å². The molecule has 0 aliphatic carbocycles. The van der Waals surface area contributed by atoms with Crippen molar-refractivity contribution in [3.63, 3.8) is 0 Å². The van der Waals surface area contributed by atoms with Gasteiger partial charge in [0.25, 0.3) is 0 Å². The molecule has 2 unspecified atom stereocenters. The van der Waals surface area contributed by atoms with E-state index in [9.17, 15) is 19.2 Å². The minimum absolute atomic E-state index is 0.0271. The van der Waals surface area contributed by atoms with E-state index >= 15 is 0 Å². The summed E-state index contributed by atoms with van der Waals surface area (Å²) in [6, 6.07) is 3.99. The quantitative estimate of drug-likeness (QED) is 0.166. The monoisotopic (exact) mass is 589 g/mol. The Labute approximate surface area is 253 Å². The van der Waals surface area contributed by atoms with Crippen molar-refractivity contribution in [1.29, 1.82) is 0 Å². The lowest BCUT2D eigenvalue weighted by Gasteiger charge is -2.36. The number of carbonyl (C=O) groups is 4. The van der Waals surface area contributed by atoms with E-state index in [4.69, 9.17) is 9.47 Å². The summed E-state index contributed by atoms with van der Waals surface area (Å²) in [5, 5.41) is 5.62. The van der Waals surface area contributed by atoms with Crippen molar-refractivity contribution in [2.24, 2.45) is 5.92 Å². The van der Waals surface area contributed by atoms with Crippen molar-refractivity contribution >= 4 is 23.9 Å². The molecular formula is C33H55N3O6. The third-order valence-electron chi connectivity index (χ3n) is 6.69. The first kappa shape index (κ1) is 36.9. The van der Waals surface area contributed by atoms with Gasteiger partial charge >= 0.3 is 12.1 Å². The molecule has 0 bridgehead atoms. The molecule has 0 fully saturated rings. The Morgan fingerprint density at radius 3 is 2.05 bits per heavy atom. The van der Waals surface area contributed by atoms with Gasteiger partial charge in [0, 0.05) is 13.1 Å². The van der Waals surface area contributed by atoms with Crippen LogP contribution in [-0.2, 0) is 23.9 Å². The van der Waals surface area contributed by atoms with Crippen molar-refractivity contribution in [3.8, 4) is 0 Å². The summed E-state index contributed by atoms with van der Waals surface area (Å²) in [6.45, 7) is 17.5. The van der Waals surface area contributed by atoms with Gasteiger partial charge in [-0.15, -0.1) is 0 Å². The summed E-state index contributed by atoms with van der Waals surface area (Å²) in [5.74, 6) is -1.40. The molecular weight excluding hydrogens is 534 g/mol. The molecule has 0 heterocycles. The Balaban J connectivity index is 3.46. The number of benzene rings is 1. The first-order chi connectivity index (χ1) is 19.7. The predicted octanol–water partition coefficient (Wildman–Crippen LogP) is 6.15. The van der Waals surface area contributed by atoms with Crippen LogP contribution in [0.5, 0.6) is 0 Å². The number of carbonyl (C=O) groups excluding carboxylic acids is 4. The highest BCUT2D eigenvalue weighted by Gasteiger charge is 2.37. The molecule has 42 heavy (non-hydrogen) atoms. The standard InChI is InChI=1S/C33H55N3O6/c1-10-12-13-14-15-16-19-36(31(39)28(23(3)4)35-32(40)42-33(7,8)9)29(26-21-24(5)20-25(6)22-26)30(38)34-18-17-27(37)41-11-2/h20-23,28-29H,10-19H2,1-9H3,(H,34,38)(H,35,40). The van der Waals surface area contributed by atoms with E-state index in [2.05, 4.69) is 17.6 Å². The van der Waals surface area contributed by atoms with Gasteiger partial charge in [0.2, 0.25) is 11.8 Å². The van der Waals surface area contributed by atoms with Crippen LogP contribution in [0.25, 0.3) is 0 Å². The van der Waals surface area contributed by atoms with E-state index in [1.54, 1.807) is 32.6 Å². The van der Waals surface area contributed by atoms with Crippen LogP contribution in [0, 0.1) is 19.8 Å². The molecule has 1 aromatic carbocycles. The van der Waals surface area contributed by atoms with Crippen LogP contribution in [0.3, 0.4) is 0 Å². The maximum absolute atomic E-state index is 14.3. The van der Waals surface area contributed by atoms with E-state index in [-0.39, 0.29) is 37.3 Å². The number of aryl methyl sites for hydroxylation is 2. The number of hydrogen-bond donors (Lipinski definition) is 2. The molecule has 0 aliphatic rings. The van der Waals surface area contributed by atoms with Gasteiger partial charge in [-0.25, -0.2) is 4.79 Å². The number of nitrogens with zero attached hydrogens (tertiary/aromatic N) is 1. The zero-order valence-electron chi connectivity index (χ0n) is 27.4. The summed E-state index contributed by atoms with van der Waals surface area (Å²) in [4.78, 5) is 54.4. The number of alkyl carbamates (subject to hydrolysis) is 1. The number of esters is 1. The summed E-state index contributed by atoms with van der Waals surface area (Å²) in [7, 11) is 0. The minimum Gasteiger partial charge on any atom is -0.466 e. The van der Waals surface area contributed by atoms with Crippen molar-refractivity contribution in [2.75, 3.05) is 19.7 Å². The van der Waals surface area contributed by atoms with Crippen LogP contribution in [0.4, 0.5) is 4.79 Å². The fraction of sp³-hybridized carbons (Fsp3) is 0.697. The number of amides is 3. The Kier molecular flexibility index (Phi) is 16.2. The SMILES string of the molecule is CCCCCCCCN(C(=O)C(NC(=O)OC(C)(C)C)C(C)C)C(C(=O)NCCC(=O)OCC)c1cc(C)cc(C)c1. The van der Waals surface area contributed by atoms with Gasteiger partial charge in [-0.2, -0.15) is 0 Å². The van der Waals surface area contributed by atoms with Crippen LogP contribution in [0.15, 0.2) is 18.2 Å². The highest BCUT2D eigenvalue weighted by Crippen LogP contribution is 2.27. The number of rotatable bonds is 17. The lowest BCUT2D eigenvalue weighted by atomic mass is 9.96. The summed E-state index contributed by atoms with van der Waals surface area (Å²) >= 11 is 0. The molecule has 1 rings (SSSR count). The van der Waals surface area contributed by atoms with Gasteiger partial charge in [-0.1, -0.05) is 82.2 Å². The molecule has 238 valence electrons. The predicted molar refractivity (Wildman–Crippen MR) is 166 cm³/mol. The highest BCUT2D eigenvalue weighted by molar-refractivity contribution is 5.92. The molecule has 0 radical (unpaired) electrons. The zero-order chi connectivity index (χ0) is 31.9. The van der Waals surface area contributed by atoms with Crippen molar-refractivity contribution in [1.82, 2.24) is 15.5 Å². The van der Waals surface area contributed by atoms with Gasteiger partial charge < -0.3 is 25.0 Å². The number of hydrogen-bond acceptors (Lipinski definition) is 6. The Morgan fingerprint density at radius 1 is 0.905 bits per heavy atom. The van der Waals surface area contributed by atoms with Gasteiger partial charge in [-0.3, -0.25) is 14.4 Å². The molecule has 3 amide bonds. The van der Waals surface area contributed by atoms with Crippen LogP contribution >= 0.6 is 0 Å². The van der Waals surface area contributed by atoms with E-state index in [0.717, 1.165) is 43.2 Å². The molecule has 0 saturated heterocycles. The van der Waals surface area contributed by atoms with Crippen LogP contribution in [0.2, 0.25) is 0 Å². The second-order valence-electron chi connectivity index (χ2n) is 12.3.